The molecule has 1 aromatic heterocycles. The van der Waals surface area contributed by atoms with Gasteiger partial charge < -0.3 is 11.1 Å². The third kappa shape index (κ3) is 3.26. The van der Waals surface area contributed by atoms with Crippen LogP contribution in [0.3, 0.4) is 0 Å². The molecule has 1 heterocycles. The molecule has 0 aliphatic heterocycles. The first kappa shape index (κ1) is 13.0. The summed E-state index contributed by atoms with van der Waals surface area (Å²) in [5.74, 6) is 0.555. The predicted octanol–water partition coefficient (Wildman–Crippen LogP) is 2.75. The van der Waals surface area contributed by atoms with Gasteiger partial charge in [0.15, 0.2) is 0 Å². The van der Waals surface area contributed by atoms with Crippen LogP contribution in [0.5, 0.6) is 0 Å². The van der Waals surface area contributed by atoms with E-state index >= 15 is 0 Å². The SMILES string of the molecule is C[C@H](N)c1ccc(Nc2ccc([N+](=O)[O-])cn2)cc1. The third-order valence-corrected chi connectivity index (χ3v) is 2.67. The van der Waals surface area contributed by atoms with E-state index in [-0.39, 0.29) is 11.7 Å². The van der Waals surface area contributed by atoms with Gasteiger partial charge in [-0.2, -0.15) is 0 Å². The number of nitrogens with two attached hydrogens (primary N) is 1. The molecule has 6 nitrogen and oxygen atoms in total. The van der Waals surface area contributed by atoms with Crippen LogP contribution in [0.4, 0.5) is 17.2 Å². The van der Waals surface area contributed by atoms with Crippen LogP contribution in [-0.2, 0) is 0 Å². The van der Waals surface area contributed by atoms with Crippen LogP contribution in [-0.4, -0.2) is 9.91 Å². The molecule has 0 bridgehead atoms. The highest BCUT2D eigenvalue weighted by Crippen LogP contribution is 2.19. The zero-order valence-electron chi connectivity index (χ0n) is 10.4. The highest BCUT2D eigenvalue weighted by molar-refractivity contribution is 5.57. The van der Waals surface area contributed by atoms with Crippen molar-refractivity contribution in [1.82, 2.24) is 4.98 Å². The molecule has 0 aliphatic carbocycles. The Labute approximate surface area is 110 Å². The standard InChI is InChI=1S/C13H14N4O2/c1-9(14)10-2-4-11(5-3-10)16-13-7-6-12(8-15-13)17(18)19/h2-9H,14H2,1H3,(H,15,16)/t9-/m0/s1. The number of nitrogens with one attached hydrogen (secondary N) is 1. The Kier molecular flexibility index (Phi) is 3.72. The topological polar surface area (TPSA) is 94.1 Å². The fourth-order valence-corrected chi connectivity index (χ4v) is 1.59. The Balaban J connectivity index is 2.10. The maximum absolute atomic E-state index is 10.5. The first-order valence-electron chi connectivity index (χ1n) is 5.79. The minimum atomic E-state index is -0.478. The third-order valence-electron chi connectivity index (χ3n) is 2.67. The van der Waals surface area contributed by atoms with E-state index in [2.05, 4.69) is 10.3 Å². The Hall–Kier alpha value is -2.47. The van der Waals surface area contributed by atoms with Gasteiger partial charge in [-0.15, -0.1) is 0 Å². The minimum Gasteiger partial charge on any atom is -0.340 e. The maximum atomic E-state index is 10.5. The molecule has 19 heavy (non-hydrogen) atoms. The molecule has 0 aliphatic rings. The monoisotopic (exact) mass is 258 g/mol. The van der Waals surface area contributed by atoms with Crippen molar-refractivity contribution < 1.29 is 4.92 Å². The van der Waals surface area contributed by atoms with Crippen LogP contribution >= 0.6 is 0 Å². The lowest BCUT2D eigenvalue weighted by Crippen LogP contribution is -2.04. The molecule has 6 heteroatoms. The van der Waals surface area contributed by atoms with Crippen molar-refractivity contribution in [1.29, 1.82) is 0 Å². The summed E-state index contributed by atoms with van der Waals surface area (Å²) in [6.45, 7) is 1.92. The van der Waals surface area contributed by atoms with E-state index in [0.717, 1.165) is 11.3 Å². The molecule has 0 radical (unpaired) electrons. The van der Waals surface area contributed by atoms with E-state index in [1.54, 1.807) is 6.07 Å². The number of hydrogen-bond acceptors (Lipinski definition) is 5. The molecule has 0 amide bonds. The van der Waals surface area contributed by atoms with Crippen LogP contribution in [0, 0.1) is 10.1 Å². The number of nitro groups is 1. The molecule has 2 rings (SSSR count). The fraction of sp³-hybridized carbons (Fsp3) is 0.154. The van der Waals surface area contributed by atoms with E-state index in [0.29, 0.717) is 5.82 Å². The van der Waals surface area contributed by atoms with Gasteiger partial charge in [0.05, 0.1) is 4.92 Å². The van der Waals surface area contributed by atoms with Crippen molar-refractivity contribution in [3.8, 4) is 0 Å². The molecule has 98 valence electrons. The van der Waals surface area contributed by atoms with Crippen LogP contribution < -0.4 is 11.1 Å². The predicted molar refractivity (Wildman–Crippen MR) is 73.2 cm³/mol. The normalized spacial score (nSPS) is 11.9. The second kappa shape index (κ2) is 5.45. The van der Waals surface area contributed by atoms with E-state index in [1.807, 2.05) is 31.2 Å². The molecule has 2 aromatic rings. The fourth-order valence-electron chi connectivity index (χ4n) is 1.59. The van der Waals surface area contributed by atoms with Gasteiger partial charge in [0.2, 0.25) is 0 Å². The zero-order chi connectivity index (χ0) is 13.8. The van der Waals surface area contributed by atoms with E-state index in [1.165, 1.54) is 12.3 Å². The van der Waals surface area contributed by atoms with E-state index < -0.39 is 4.92 Å². The average molecular weight is 258 g/mol. The number of benzene rings is 1. The van der Waals surface area contributed by atoms with Gasteiger partial charge in [0, 0.05) is 17.8 Å². The lowest BCUT2D eigenvalue weighted by atomic mass is 10.1. The largest absolute Gasteiger partial charge is 0.340 e. The number of rotatable bonds is 4. The van der Waals surface area contributed by atoms with Gasteiger partial charge in [-0.25, -0.2) is 4.98 Å². The second-order valence-electron chi connectivity index (χ2n) is 4.19. The Morgan fingerprint density at radius 2 is 1.95 bits per heavy atom. The molecule has 3 N–H and O–H groups in total. The van der Waals surface area contributed by atoms with E-state index in [9.17, 15) is 10.1 Å². The van der Waals surface area contributed by atoms with Crippen molar-refractivity contribution in [2.24, 2.45) is 5.73 Å². The molecule has 0 fully saturated rings. The van der Waals surface area contributed by atoms with Crippen LogP contribution in [0.1, 0.15) is 18.5 Å². The summed E-state index contributed by atoms with van der Waals surface area (Å²) < 4.78 is 0. The summed E-state index contributed by atoms with van der Waals surface area (Å²) in [5, 5.41) is 13.6. The number of aromatic nitrogens is 1. The molecule has 0 saturated heterocycles. The summed E-state index contributed by atoms with van der Waals surface area (Å²) in [7, 11) is 0. The van der Waals surface area contributed by atoms with Crippen molar-refractivity contribution in [2.45, 2.75) is 13.0 Å². The summed E-state index contributed by atoms with van der Waals surface area (Å²) >= 11 is 0. The Morgan fingerprint density at radius 1 is 1.26 bits per heavy atom. The Morgan fingerprint density at radius 3 is 2.42 bits per heavy atom. The highest BCUT2D eigenvalue weighted by atomic mass is 16.6. The molecular weight excluding hydrogens is 244 g/mol. The molecular formula is C13H14N4O2. The zero-order valence-corrected chi connectivity index (χ0v) is 10.4. The van der Waals surface area contributed by atoms with Gasteiger partial charge in [0.25, 0.3) is 5.69 Å². The number of anilines is 2. The van der Waals surface area contributed by atoms with Gasteiger partial charge in [-0.1, -0.05) is 12.1 Å². The highest BCUT2D eigenvalue weighted by Gasteiger charge is 2.05. The Bertz CT molecular complexity index is 564. The first-order chi connectivity index (χ1) is 9.06. The quantitative estimate of drug-likeness (QED) is 0.649. The van der Waals surface area contributed by atoms with Crippen molar-refractivity contribution in [3.63, 3.8) is 0 Å². The molecule has 1 atom stereocenters. The van der Waals surface area contributed by atoms with Crippen molar-refractivity contribution in [2.75, 3.05) is 5.32 Å². The average Bonchev–Trinajstić information content (AvgIpc) is 2.40. The second-order valence-corrected chi connectivity index (χ2v) is 4.19. The van der Waals surface area contributed by atoms with Gasteiger partial charge in [-0.05, 0) is 30.7 Å². The summed E-state index contributed by atoms with van der Waals surface area (Å²) in [6, 6.07) is 10.6. The van der Waals surface area contributed by atoms with Crippen LogP contribution in [0.2, 0.25) is 0 Å². The maximum Gasteiger partial charge on any atom is 0.287 e. The summed E-state index contributed by atoms with van der Waals surface area (Å²) in [5.41, 5.74) is 7.63. The van der Waals surface area contributed by atoms with Crippen LogP contribution in [0.25, 0.3) is 0 Å². The molecule has 0 unspecified atom stereocenters. The van der Waals surface area contributed by atoms with Gasteiger partial charge in [-0.3, -0.25) is 10.1 Å². The summed E-state index contributed by atoms with van der Waals surface area (Å²) in [6.07, 6.45) is 1.22. The molecule has 0 saturated carbocycles. The minimum absolute atomic E-state index is 0.00782. The van der Waals surface area contributed by atoms with Crippen molar-refractivity contribution >= 4 is 17.2 Å². The lowest BCUT2D eigenvalue weighted by molar-refractivity contribution is -0.385. The molecule has 1 aromatic carbocycles. The van der Waals surface area contributed by atoms with E-state index in [4.69, 9.17) is 5.73 Å². The van der Waals surface area contributed by atoms with Gasteiger partial charge in [0.1, 0.15) is 12.0 Å². The molecule has 0 spiro atoms. The summed E-state index contributed by atoms with van der Waals surface area (Å²) in [4.78, 5) is 14.0. The number of hydrogen-bond donors (Lipinski definition) is 2. The lowest BCUT2D eigenvalue weighted by Gasteiger charge is -2.08. The number of pyridine rings is 1. The smallest absolute Gasteiger partial charge is 0.287 e. The first-order valence-corrected chi connectivity index (χ1v) is 5.79. The van der Waals surface area contributed by atoms with Crippen LogP contribution in [0.15, 0.2) is 42.6 Å². The van der Waals surface area contributed by atoms with Crippen molar-refractivity contribution in [3.05, 3.63) is 58.3 Å². The number of nitrogens with zero attached hydrogens (tertiary/aromatic N) is 2. The van der Waals surface area contributed by atoms with Gasteiger partial charge >= 0.3 is 0 Å².